The van der Waals surface area contributed by atoms with Gasteiger partial charge in [0.1, 0.15) is 5.75 Å². The van der Waals surface area contributed by atoms with E-state index in [1.54, 1.807) is 0 Å². The molecule has 17 heavy (non-hydrogen) atoms. The predicted molar refractivity (Wildman–Crippen MR) is 64.1 cm³/mol. The van der Waals surface area contributed by atoms with Crippen molar-refractivity contribution in [3.63, 3.8) is 0 Å². The van der Waals surface area contributed by atoms with Gasteiger partial charge in [-0.1, -0.05) is 12.1 Å². The van der Waals surface area contributed by atoms with E-state index in [1.807, 2.05) is 26.0 Å². The summed E-state index contributed by atoms with van der Waals surface area (Å²) in [6.07, 6.45) is 0.582. The Hall–Kier alpha value is -1.55. The van der Waals surface area contributed by atoms with Gasteiger partial charge in [0.25, 0.3) is 0 Å². The van der Waals surface area contributed by atoms with Crippen molar-refractivity contribution in [2.75, 3.05) is 6.54 Å². The Labute approximate surface area is 100 Å². The van der Waals surface area contributed by atoms with Gasteiger partial charge in [-0.25, -0.2) is 0 Å². The highest BCUT2D eigenvalue weighted by Crippen LogP contribution is 2.34. The van der Waals surface area contributed by atoms with E-state index < -0.39 is 5.97 Å². The topological polar surface area (TPSA) is 69.6 Å². The average Bonchev–Trinajstić information content (AvgIpc) is 2.75. The van der Waals surface area contributed by atoms with E-state index in [4.69, 9.17) is 5.11 Å². The number of hydrogen-bond donors (Lipinski definition) is 3. The Morgan fingerprint density at radius 3 is 2.71 bits per heavy atom. The van der Waals surface area contributed by atoms with Crippen LogP contribution in [-0.2, 0) is 4.79 Å². The molecule has 2 unspecified atom stereocenters. The van der Waals surface area contributed by atoms with Gasteiger partial charge in [0.2, 0.25) is 0 Å². The molecule has 1 aliphatic rings. The molecule has 92 valence electrons. The van der Waals surface area contributed by atoms with E-state index in [-0.39, 0.29) is 12.0 Å². The molecule has 0 aliphatic carbocycles. The second kappa shape index (κ2) is 4.37. The first kappa shape index (κ1) is 11.9. The molecule has 0 saturated carbocycles. The van der Waals surface area contributed by atoms with Gasteiger partial charge in [0.05, 0.1) is 5.92 Å². The second-order valence-corrected chi connectivity index (χ2v) is 4.68. The molecule has 4 nitrogen and oxygen atoms in total. The number of carboxylic acids is 1. The van der Waals surface area contributed by atoms with Crippen LogP contribution in [0.4, 0.5) is 0 Å². The Bertz CT molecular complexity index is 456. The van der Waals surface area contributed by atoms with E-state index in [2.05, 4.69) is 5.32 Å². The molecule has 0 aromatic heterocycles. The van der Waals surface area contributed by atoms with Crippen LogP contribution in [0, 0.1) is 19.8 Å². The van der Waals surface area contributed by atoms with Gasteiger partial charge in [0.15, 0.2) is 0 Å². The Morgan fingerprint density at radius 1 is 1.41 bits per heavy atom. The molecular weight excluding hydrogens is 218 g/mol. The molecule has 1 fully saturated rings. The lowest BCUT2D eigenvalue weighted by molar-refractivity contribution is -0.141. The van der Waals surface area contributed by atoms with Crippen molar-refractivity contribution in [2.24, 2.45) is 5.92 Å². The van der Waals surface area contributed by atoms with Gasteiger partial charge >= 0.3 is 5.97 Å². The Balaban J connectivity index is 2.25. The van der Waals surface area contributed by atoms with Crippen LogP contribution in [0.5, 0.6) is 5.75 Å². The monoisotopic (exact) mass is 235 g/mol. The lowest BCUT2D eigenvalue weighted by atomic mass is 9.95. The van der Waals surface area contributed by atoms with Gasteiger partial charge in [-0.3, -0.25) is 4.79 Å². The van der Waals surface area contributed by atoms with Crippen LogP contribution in [0.15, 0.2) is 12.1 Å². The van der Waals surface area contributed by atoms with E-state index in [0.717, 1.165) is 16.7 Å². The second-order valence-electron chi connectivity index (χ2n) is 4.68. The number of rotatable bonds is 2. The molecule has 1 saturated heterocycles. The number of aliphatic carboxylic acids is 1. The highest BCUT2D eigenvalue weighted by Gasteiger charge is 2.31. The molecule has 1 aliphatic heterocycles. The summed E-state index contributed by atoms with van der Waals surface area (Å²) in [6.45, 7) is 4.22. The van der Waals surface area contributed by atoms with Crippen molar-refractivity contribution in [3.8, 4) is 5.75 Å². The van der Waals surface area contributed by atoms with Crippen LogP contribution in [-0.4, -0.2) is 22.7 Å². The summed E-state index contributed by atoms with van der Waals surface area (Å²) >= 11 is 0. The largest absolute Gasteiger partial charge is 0.507 e. The van der Waals surface area contributed by atoms with Crippen molar-refractivity contribution < 1.29 is 15.0 Å². The zero-order valence-corrected chi connectivity index (χ0v) is 10.0. The SMILES string of the molecule is Cc1ccc(C2CC(C(=O)O)CN2)c(C)c1O. The lowest BCUT2D eigenvalue weighted by Gasteiger charge is -2.16. The molecule has 0 spiro atoms. The first-order valence-electron chi connectivity index (χ1n) is 5.76. The van der Waals surface area contributed by atoms with Crippen molar-refractivity contribution in [1.29, 1.82) is 0 Å². The molecule has 4 heteroatoms. The molecule has 0 amide bonds. The number of phenolic OH excluding ortho intramolecular Hbond substituents is 1. The van der Waals surface area contributed by atoms with Crippen molar-refractivity contribution in [1.82, 2.24) is 5.32 Å². The third-order valence-corrected chi connectivity index (χ3v) is 3.53. The van der Waals surface area contributed by atoms with Gasteiger partial charge in [-0.2, -0.15) is 0 Å². The van der Waals surface area contributed by atoms with Crippen molar-refractivity contribution in [2.45, 2.75) is 26.3 Å². The Morgan fingerprint density at radius 2 is 2.12 bits per heavy atom. The highest BCUT2D eigenvalue weighted by molar-refractivity contribution is 5.71. The number of carboxylic acid groups (broad SMARTS) is 1. The summed E-state index contributed by atoms with van der Waals surface area (Å²) in [7, 11) is 0. The van der Waals surface area contributed by atoms with Crippen LogP contribution in [0.1, 0.15) is 29.2 Å². The molecule has 2 atom stereocenters. The number of carbonyl (C=O) groups is 1. The molecule has 2 rings (SSSR count). The zero-order valence-electron chi connectivity index (χ0n) is 10.0. The number of aryl methyl sites for hydroxylation is 1. The maximum absolute atomic E-state index is 10.9. The normalized spacial score (nSPS) is 23.9. The summed E-state index contributed by atoms with van der Waals surface area (Å²) in [5.74, 6) is -0.778. The summed E-state index contributed by atoms with van der Waals surface area (Å²) in [4.78, 5) is 10.9. The van der Waals surface area contributed by atoms with Gasteiger partial charge in [-0.05, 0) is 37.0 Å². The van der Waals surface area contributed by atoms with Gasteiger partial charge < -0.3 is 15.5 Å². The fraction of sp³-hybridized carbons (Fsp3) is 0.462. The Kier molecular flexibility index (Phi) is 3.07. The maximum Gasteiger partial charge on any atom is 0.307 e. The number of aromatic hydroxyl groups is 1. The summed E-state index contributed by atoms with van der Waals surface area (Å²) in [5, 5.41) is 22.0. The smallest absolute Gasteiger partial charge is 0.307 e. The molecule has 0 bridgehead atoms. The molecule has 1 aromatic carbocycles. The average molecular weight is 235 g/mol. The van der Waals surface area contributed by atoms with Gasteiger partial charge in [-0.15, -0.1) is 0 Å². The fourth-order valence-electron chi connectivity index (χ4n) is 2.39. The standard InChI is InChI=1S/C13H17NO3/c1-7-3-4-10(8(2)12(7)15)11-5-9(6-14-11)13(16)17/h3-4,9,11,14-15H,5-6H2,1-2H3,(H,16,17). The minimum absolute atomic E-state index is 0.0302. The molecular formula is C13H17NO3. The van der Waals surface area contributed by atoms with Crippen molar-refractivity contribution in [3.05, 3.63) is 28.8 Å². The third-order valence-electron chi connectivity index (χ3n) is 3.53. The minimum Gasteiger partial charge on any atom is -0.507 e. The van der Waals surface area contributed by atoms with Crippen LogP contribution in [0.3, 0.4) is 0 Å². The fourth-order valence-corrected chi connectivity index (χ4v) is 2.39. The lowest BCUT2D eigenvalue weighted by Crippen LogP contribution is -2.17. The third kappa shape index (κ3) is 2.13. The number of hydrogen-bond acceptors (Lipinski definition) is 3. The van der Waals surface area contributed by atoms with E-state index in [1.165, 1.54) is 0 Å². The zero-order chi connectivity index (χ0) is 12.6. The summed E-state index contributed by atoms with van der Waals surface area (Å²) < 4.78 is 0. The number of nitrogens with one attached hydrogen (secondary N) is 1. The van der Waals surface area contributed by atoms with E-state index in [9.17, 15) is 9.90 Å². The van der Waals surface area contributed by atoms with Crippen LogP contribution >= 0.6 is 0 Å². The molecule has 0 radical (unpaired) electrons. The predicted octanol–water partition coefficient (Wildman–Crippen LogP) is 1.74. The van der Waals surface area contributed by atoms with Crippen LogP contribution in [0.2, 0.25) is 0 Å². The maximum atomic E-state index is 10.9. The summed E-state index contributed by atoms with van der Waals surface area (Å²) in [6, 6.07) is 3.86. The van der Waals surface area contributed by atoms with Gasteiger partial charge in [0, 0.05) is 12.6 Å². The molecule has 1 heterocycles. The first-order chi connectivity index (χ1) is 8.00. The van der Waals surface area contributed by atoms with Crippen molar-refractivity contribution >= 4 is 5.97 Å². The minimum atomic E-state index is -0.756. The van der Waals surface area contributed by atoms with E-state index >= 15 is 0 Å². The quantitative estimate of drug-likeness (QED) is 0.730. The number of phenols is 1. The van der Waals surface area contributed by atoms with Crippen LogP contribution < -0.4 is 5.32 Å². The van der Waals surface area contributed by atoms with E-state index in [0.29, 0.717) is 18.7 Å². The van der Waals surface area contributed by atoms with Crippen LogP contribution in [0.25, 0.3) is 0 Å². The summed E-state index contributed by atoms with van der Waals surface area (Å²) in [5.41, 5.74) is 2.68. The first-order valence-corrected chi connectivity index (χ1v) is 5.76. The molecule has 1 aromatic rings. The number of benzene rings is 1. The highest BCUT2D eigenvalue weighted by atomic mass is 16.4. The molecule has 3 N–H and O–H groups in total.